The van der Waals surface area contributed by atoms with Crippen LogP contribution in [0.25, 0.3) is 6.08 Å². The van der Waals surface area contributed by atoms with E-state index in [2.05, 4.69) is 4.98 Å². The van der Waals surface area contributed by atoms with E-state index < -0.39 is 36.2 Å². The molecule has 0 aliphatic carbocycles. The minimum Gasteiger partial charge on any atom is -0.394 e. The number of aromatic amines is 2. The van der Waals surface area contributed by atoms with Crippen molar-refractivity contribution in [1.82, 2.24) is 9.97 Å². The number of aldehydes is 1. The third kappa shape index (κ3) is 4.74. The minimum absolute atomic E-state index is 0.00800. The number of aliphatic hydroxyl groups excluding tert-OH is 4. The van der Waals surface area contributed by atoms with Crippen LogP contribution < -0.4 is 11.2 Å². The van der Waals surface area contributed by atoms with Crippen LogP contribution in [0.3, 0.4) is 0 Å². The predicted octanol–water partition coefficient (Wildman–Crippen LogP) is -2.72. The summed E-state index contributed by atoms with van der Waals surface area (Å²) in [7, 11) is 0. The van der Waals surface area contributed by atoms with Crippen LogP contribution >= 0.6 is 0 Å². The molecule has 9 heteroatoms. The molecular weight excluding hydrogens is 296 g/mol. The zero-order valence-electron chi connectivity index (χ0n) is 11.6. The number of aromatic nitrogens is 2. The molecular formula is C13H18N2O7. The molecule has 0 bridgehead atoms. The highest BCUT2D eigenvalue weighted by atomic mass is 16.4. The molecule has 0 aromatic carbocycles. The Hall–Kier alpha value is -2.07. The topological polar surface area (TPSA) is 164 Å². The first kappa shape index (κ1) is 18.0. The number of hydrogen-bond acceptors (Lipinski definition) is 7. The van der Waals surface area contributed by atoms with E-state index in [0.29, 0.717) is 6.29 Å². The molecule has 0 amide bonds. The van der Waals surface area contributed by atoms with Crippen LogP contribution in [0.1, 0.15) is 17.7 Å². The lowest BCUT2D eigenvalue weighted by atomic mass is 10.0. The molecule has 0 fully saturated rings. The molecule has 9 nitrogen and oxygen atoms in total. The fourth-order valence-electron chi connectivity index (χ4n) is 1.88. The number of nitrogens with one attached hydrogen (secondary N) is 2. The Labute approximate surface area is 124 Å². The summed E-state index contributed by atoms with van der Waals surface area (Å²) in [6.45, 7) is -0.715. The lowest BCUT2D eigenvalue weighted by Crippen LogP contribution is -2.39. The lowest BCUT2D eigenvalue weighted by molar-refractivity contribution is -0.104. The first-order chi connectivity index (χ1) is 10.4. The monoisotopic (exact) mass is 314 g/mol. The summed E-state index contributed by atoms with van der Waals surface area (Å²) < 4.78 is 0. The summed E-state index contributed by atoms with van der Waals surface area (Å²) in [5, 5.41) is 37.2. The molecule has 6 N–H and O–H groups in total. The van der Waals surface area contributed by atoms with E-state index in [-0.39, 0.29) is 24.1 Å². The Balaban J connectivity index is 2.93. The largest absolute Gasteiger partial charge is 0.394 e. The van der Waals surface area contributed by atoms with Gasteiger partial charge in [-0.2, -0.15) is 0 Å². The molecule has 0 aliphatic rings. The molecule has 1 rings (SSSR count). The van der Waals surface area contributed by atoms with Crippen LogP contribution in [0, 0.1) is 0 Å². The van der Waals surface area contributed by atoms with Crippen LogP contribution in [-0.2, 0) is 11.2 Å². The minimum atomic E-state index is -1.56. The Morgan fingerprint density at radius 2 is 1.77 bits per heavy atom. The zero-order valence-corrected chi connectivity index (χ0v) is 11.6. The molecule has 0 radical (unpaired) electrons. The normalized spacial score (nSPS) is 15.6. The van der Waals surface area contributed by atoms with Crippen LogP contribution in [-0.4, -0.2) is 61.6 Å². The highest BCUT2D eigenvalue weighted by molar-refractivity contribution is 5.74. The standard InChI is InChI=1S/C13H18N2O7/c16-5-1-2-7-8(14-13(22)15-12(7)21)3-4-9(18)11(20)10(19)6-17/h1-2,5,9-11,17-20H,3-4,6H2,(H2,14,15,21,22). The van der Waals surface area contributed by atoms with Crippen molar-refractivity contribution in [2.24, 2.45) is 0 Å². The van der Waals surface area contributed by atoms with E-state index >= 15 is 0 Å². The van der Waals surface area contributed by atoms with Crippen molar-refractivity contribution in [1.29, 1.82) is 0 Å². The van der Waals surface area contributed by atoms with Crippen molar-refractivity contribution in [3.8, 4) is 0 Å². The fourth-order valence-corrected chi connectivity index (χ4v) is 1.88. The number of carbonyl (C=O) groups excluding carboxylic acids is 1. The van der Waals surface area contributed by atoms with Gasteiger partial charge in [0.05, 0.1) is 18.3 Å². The average Bonchev–Trinajstić information content (AvgIpc) is 2.49. The Morgan fingerprint density at radius 1 is 1.09 bits per heavy atom. The van der Waals surface area contributed by atoms with E-state index in [9.17, 15) is 29.7 Å². The summed E-state index contributed by atoms with van der Waals surface area (Å²) >= 11 is 0. The van der Waals surface area contributed by atoms with Crippen molar-refractivity contribution in [2.75, 3.05) is 6.61 Å². The van der Waals surface area contributed by atoms with Gasteiger partial charge in [-0.1, -0.05) is 0 Å². The first-order valence-corrected chi connectivity index (χ1v) is 6.53. The Kier molecular flexibility index (Phi) is 6.86. The van der Waals surface area contributed by atoms with Gasteiger partial charge in [-0.25, -0.2) is 4.79 Å². The SMILES string of the molecule is O=CC=Cc1c(CCC(O)C(O)C(O)CO)[nH]c(=O)[nH]c1=O. The van der Waals surface area contributed by atoms with Crippen LogP contribution in [0.2, 0.25) is 0 Å². The summed E-state index contributed by atoms with van der Waals surface area (Å²) in [5.74, 6) is 0. The van der Waals surface area contributed by atoms with Crippen molar-refractivity contribution >= 4 is 12.4 Å². The van der Waals surface area contributed by atoms with Gasteiger partial charge < -0.3 is 25.4 Å². The third-order valence-electron chi connectivity index (χ3n) is 3.07. The Morgan fingerprint density at radius 3 is 2.36 bits per heavy atom. The number of allylic oxidation sites excluding steroid dienone is 1. The molecule has 0 saturated heterocycles. The highest BCUT2D eigenvalue weighted by Crippen LogP contribution is 2.10. The van der Waals surface area contributed by atoms with E-state index in [1.165, 1.54) is 6.08 Å². The molecule has 0 spiro atoms. The zero-order chi connectivity index (χ0) is 16.7. The summed E-state index contributed by atoms with van der Waals surface area (Å²) in [4.78, 5) is 37.7. The molecule has 122 valence electrons. The maximum atomic E-state index is 11.7. The van der Waals surface area contributed by atoms with Crippen molar-refractivity contribution in [2.45, 2.75) is 31.2 Å². The second-order valence-electron chi connectivity index (χ2n) is 4.64. The third-order valence-corrected chi connectivity index (χ3v) is 3.07. The molecule has 0 saturated carbocycles. The summed E-state index contributed by atoms with van der Waals surface area (Å²) in [5.41, 5.74) is -1.20. The van der Waals surface area contributed by atoms with Gasteiger partial charge in [0, 0.05) is 5.69 Å². The van der Waals surface area contributed by atoms with E-state index in [4.69, 9.17) is 5.11 Å². The second-order valence-corrected chi connectivity index (χ2v) is 4.64. The molecule has 3 unspecified atom stereocenters. The smallest absolute Gasteiger partial charge is 0.325 e. The first-order valence-electron chi connectivity index (χ1n) is 6.53. The van der Waals surface area contributed by atoms with Gasteiger partial charge in [-0.05, 0) is 25.0 Å². The number of hydrogen-bond donors (Lipinski definition) is 6. The van der Waals surface area contributed by atoms with Crippen LogP contribution in [0.5, 0.6) is 0 Å². The molecule has 1 aromatic heterocycles. The van der Waals surface area contributed by atoms with E-state index in [0.717, 1.165) is 6.08 Å². The highest BCUT2D eigenvalue weighted by Gasteiger charge is 2.24. The van der Waals surface area contributed by atoms with Crippen molar-refractivity contribution < 1.29 is 25.2 Å². The summed E-state index contributed by atoms with van der Waals surface area (Å²) in [6.07, 6.45) is -1.75. The predicted molar refractivity (Wildman–Crippen MR) is 76.2 cm³/mol. The summed E-state index contributed by atoms with van der Waals surface area (Å²) in [6, 6.07) is 0. The van der Waals surface area contributed by atoms with Gasteiger partial charge in [0.15, 0.2) is 0 Å². The van der Waals surface area contributed by atoms with Crippen molar-refractivity contribution in [3.63, 3.8) is 0 Å². The molecule has 1 aromatic rings. The van der Waals surface area contributed by atoms with Gasteiger partial charge >= 0.3 is 5.69 Å². The van der Waals surface area contributed by atoms with Crippen LogP contribution in [0.4, 0.5) is 0 Å². The van der Waals surface area contributed by atoms with Gasteiger partial charge in [-0.15, -0.1) is 0 Å². The molecule has 1 heterocycles. The van der Waals surface area contributed by atoms with Crippen LogP contribution in [0.15, 0.2) is 15.7 Å². The van der Waals surface area contributed by atoms with E-state index in [1.54, 1.807) is 0 Å². The average molecular weight is 314 g/mol. The van der Waals surface area contributed by atoms with Gasteiger partial charge in [0.2, 0.25) is 0 Å². The molecule has 22 heavy (non-hydrogen) atoms. The fraction of sp³-hybridized carbons (Fsp3) is 0.462. The van der Waals surface area contributed by atoms with Gasteiger partial charge in [0.1, 0.15) is 18.5 Å². The number of rotatable bonds is 8. The molecule has 3 atom stereocenters. The van der Waals surface area contributed by atoms with E-state index in [1.807, 2.05) is 4.98 Å². The van der Waals surface area contributed by atoms with Gasteiger partial charge in [0.25, 0.3) is 5.56 Å². The number of aliphatic hydroxyl groups is 4. The second kappa shape index (κ2) is 8.39. The maximum absolute atomic E-state index is 11.7. The quantitative estimate of drug-likeness (QED) is 0.224. The number of H-pyrrole nitrogens is 2. The van der Waals surface area contributed by atoms with Crippen molar-refractivity contribution in [3.05, 3.63) is 38.2 Å². The number of aryl methyl sites for hydroxylation is 1. The Bertz CT molecular complexity index is 634. The molecule has 0 aliphatic heterocycles. The number of carbonyl (C=O) groups is 1. The maximum Gasteiger partial charge on any atom is 0.325 e. The van der Waals surface area contributed by atoms with Gasteiger partial charge in [-0.3, -0.25) is 14.6 Å². The lowest BCUT2D eigenvalue weighted by Gasteiger charge is -2.21.